The summed E-state index contributed by atoms with van der Waals surface area (Å²) in [5, 5.41) is 0. The minimum Gasteiger partial charge on any atom is -0.482 e. The van der Waals surface area contributed by atoms with Crippen LogP contribution in [-0.2, 0) is 16.0 Å². The first-order chi connectivity index (χ1) is 12.3. The maximum Gasteiger partial charge on any atom is 0.260 e. The fourth-order valence-corrected chi connectivity index (χ4v) is 3.28. The van der Waals surface area contributed by atoms with Gasteiger partial charge in [0.1, 0.15) is 5.75 Å². The van der Waals surface area contributed by atoms with Gasteiger partial charge in [0.2, 0.25) is 0 Å². The Kier molecular flexibility index (Phi) is 6.01. The number of amides is 1. The van der Waals surface area contributed by atoms with Gasteiger partial charge in [0.25, 0.3) is 5.91 Å². The lowest BCUT2D eigenvalue weighted by Gasteiger charge is -2.37. The molecule has 1 saturated heterocycles. The number of carbonyl (C=O) groups is 1. The van der Waals surface area contributed by atoms with E-state index in [1.165, 1.54) is 5.56 Å². The highest BCUT2D eigenvalue weighted by Gasteiger charge is 2.31. The summed E-state index contributed by atoms with van der Waals surface area (Å²) in [7, 11) is 1.72. The summed E-state index contributed by atoms with van der Waals surface area (Å²) in [6.07, 6.45) is 5.25. The molecule has 0 bridgehead atoms. The summed E-state index contributed by atoms with van der Waals surface area (Å²) >= 11 is 0. The molecule has 2 heterocycles. The molecular formula is C20H24N2O3. The molecule has 0 aliphatic carbocycles. The SMILES string of the molecule is CO[C@H]1CN(C(=O)COc2cccnc2)CC[C@@H]1Cc1ccccc1. The molecule has 1 aliphatic rings. The molecule has 1 fully saturated rings. The average molecular weight is 340 g/mol. The van der Waals surface area contributed by atoms with E-state index in [0.717, 1.165) is 19.4 Å². The van der Waals surface area contributed by atoms with Crippen molar-refractivity contribution in [3.05, 3.63) is 60.4 Å². The first kappa shape index (κ1) is 17.4. The molecule has 0 radical (unpaired) electrons. The molecule has 2 aromatic rings. The number of ether oxygens (including phenoxy) is 2. The van der Waals surface area contributed by atoms with E-state index in [1.54, 1.807) is 31.6 Å². The Hall–Kier alpha value is -2.40. The van der Waals surface area contributed by atoms with E-state index in [1.807, 2.05) is 11.0 Å². The Balaban J connectivity index is 1.53. The van der Waals surface area contributed by atoms with Gasteiger partial charge in [-0.3, -0.25) is 9.78 Å². The Labute approximate surface area is 148 Å². The molecule has 1 aliphatic heterocycles. The van der Waals surface area contributed by atoms with Crippen molar-refractivity contribution in [1.29, 1.82) is 0 Å². The van der Waals surface area contributed by atoms with Gasteiger partial charge in [-0.05, 0) is 36.5 Å². The highest BCUT2D eigenvalue weighted by molar-refractivity contribution is 5.77. The van der Waals surface area contributed by atoms with Gasteiger partial charge in [0.15, 0.2) is 6.61 Å². The van der Waals surface area contributed by atoms with Crippen molar-refractivity contribution in [3.63, 3.8) is 0 Å². The number of aromatic nitrogens is 1. The first-order valence-electron chi connectivity index (χ1n) is 8.63. The van der Waals surface area contributed by atoms with Crippen LogP contribution >= 0.6 is 0 Å². The number of rotatable bonds is 6. The zero-order chi connectivity index (χ0) is 17.5. The normalized spacial score (nSPS) is 20.3. The van der Waals surface area contributed by atoms with E-state index in [-0.39, 0.29) is 18.6 Å². The van der Waals surface area contributed by atoms with Gasteiger partial charge in [-0.25, -0.2) is 0 Å². The number of pyridine rings is 1. The Morgan fingerprint density at radius 1 is 1.24 bits per heavy atom. The topological polar surface area (TPSA) is 51.7 Å². The summed E-state index contributed by atoms with van der Waals surface area (Å²) in [4.78, 5) is 18.2. The zero-order valence-corrected chi connectivity index (χ0v) is 14.5. The summed E-state index contributed by atoms with van der Waals surface area (Å²) in [6.45, 7) is 1.39. The average Bonchev–Trinajstić information content (AvgIpc) is 2.68. The highest BCUT2D eigenvalue weighted by atomic mass is 16.5. The van der Waals surface area contributed by atoms with Crippen LogP contribution in [0.25, 0.3) is 0 Å². The lowest BCUT2D eigenvalue weighted by atomic mass is 9.87. The predicted molar refractivity (Wildman–Crippen MR) is 95.4 cm³/mol. The van der Waals surface area contributed by atoms with E-state index < -0.39 is 0 Å². The fraction of sp³-hybridized carbons (Fsp3) is 0.400. The minimum absolute atomic E-state index is 0.0101. The number of methoxy groups -OCH3 is 1. The molecule has 0 saturated carbocycles. The second kappa shape index (κ2) is 8.62. The van der Waals surface area contributed by atoms with Crippen LogP contribution < -0.4 is 4.74 Å². The van der Waals surface area contributed by atoms with Crippen molar-refractivity contribution in [2.75, 3.05) is 26.8 Å². The van der Waals surface area contributed by atoms with E-state index in [2.05, 4.69) is 29.2 Å². The van der Waals surface area contributed by atoms with Gasteiger partial charge < -0.3 is 14.4 Å². The number of piperidine rings is 1. The number of benzene rings is 1. The van der Waals surface area contributed by atoms with Crippen molar-refractivity contribution in [3.8, 4) is 5.75 Å². The molecular weight excluding hydrogens is 316 g/mol. The largest absolute Gasteiger partial charge is 0.482 e. The van der Waals surface area contributed by atoms with Crippen LogP contribution in [0.5, 0.6) is 5.75 Å². The highest BCUT2D eigenvalue weighted by Crippen LogP contribution is 2.24. The van der Waals surface area contributed by atoms with Gasteiger partial charge in [-0.1, -0.05) is 30.3 Å². The molecule has 132 valence electrons. The van der Waals surface area contributed by atoms with Gasteiger partial charge in [-0.15, -0.1) is 0 Å². The summed E-state index contributed by atoms with van der Waals surface area (Å²) in [5.41, 5.74) is 1.31. The minimum atomic E-state index is -0.0101. The lowest BCUT2D eigenvalue weighted by molar-refractivity contribution is -0.138. The number of hydrogen-bond donors (Lipinski definition) is 0. The van der Waals surface area contributed by atoms with Gasteiger partial charge >= 0.3 is 0 Å². The van der Waals surface area contributed by atoms with Crippen molar-refractivity contribution < 1.29 is 14.3 Å². The van der Waals surface area contributed by atoms with Gasteiger partial charge in [-0.2, -0.15) is 0 Å². The van der Waals surface area contributed by atoms with Crippen LogP contribution in [-0.4, -0.2) is 48.7 Å². The lowest BCUT2D eigenvalue weighted by Crippen LogP contribution is -2.49. The van der Waals surface area contributed by atoms with E-state index in [0.29, 0.717) is 18.2 Å². The first-order valence-corrected chi connectivity index (χ1v) is 8.63. The van der Waals surface area contributed by atoms with Crippen LogP contribution in [0.15, 0.2) is 54.9 Å². The molecule has 5 nitrogen and oxygen atoms in total. The van der Waals surface area contributed by atoms with Crippen molar-refractivity contribution in [1.82, 2.24) is 9.88 Å². The van der Waals surface area contributed by atoms with Crippen LogP contribution in [0, 0.1) is 5.92 Å². The second-order valence-corrected chi connectivity index (χ2v) is 6.33. The summed E-state index contributed by atoms with van der Waals surface area (Å²) in [6, 6.07) is 14.0. The van der Waals surface area contributed by atoms with Crippen LogP contribution in [0.2, 0.25) is 0 Å². The zero-order valence-electron chi connectivity index (χ0n) is 14.5. The molecule has 25 heavy (non-hydrogen) atoms. The Morgan fingerprint density at radius 3 is 2.80 bits per heavy atom. The fourth-order valence-electron chi connectivity index (χ4n) is 3.28. The third kappa shape index (κ3) is 4.79. The molecule has 0 unspecified atom stereocenters. The van der Waals surface area contributed by atoms with Crippen molar-refractivity contribution >= 4 is 5.91 Å². The number of hydrogen-bond acceptors (Lipinski definition) is 4. The molecule has 0 N–H and O–H groups in total. The predicted octanol–water partition coefficient (Wildman–Crippen LogP) is 2.57. The Morgan fingerprint density at radius 2 is 2.08 bits per heavy atom. The molecule has 2 atom stereocenters. The molecule has 0 spiro atoms. The number of likely N-dealkylation sites (tertiary alicyclic amines) is 1. The van der Waals surface area contributed by atoms with Crippen LogP contribution in [0.3, 0.4) is 0 Å². The molecule has 5 heteroatoms. The third-order valence-corrected chi connectivity index (χ3v) is 4.69. The second-order valence-electron chi connectivity index (χ2n) is 6.33. The summed E-state index contributed by atoms with van der Waals surface area (Å²) < 4.78 is 11.2. The van der Waals surface area contributed by atoms with Crippen LogP contribution in [0.4, 0.5) is 0 Å². The van der Waals surface area contributed by atoms with Crippen molar-refractivity contribution in [2.24, 2.45) is 5.92 Å². The maximum atomic E-state index is 12.4. The number of nitrogens with zero attached hydrogens (tertiary/aromatic N) is 2. The van der Waals surface area contributed by atoms with E-state index in [9.17, 15) is 4.79 Å². The smallest absolute Gasteiger partial charge is 0.260 e. The van der Waals surface area contributed by atoms with E-state index >= 15 is 0 Å². The van der Waals surface area contributed by atoms with Gasteiger partial charge in [0.05, 0.1) is 12.3 Å². The van der Waals surface area contributed by atoms with Gasteiger partial charge in [0, 0.05) is 26.4 Å². The van der Waals surface area contributed by atoms with Crippen LogP contribution in [0.1, 0.15) is 12.0 Å². The molecule has 1 aromatic carbocycles. The molecule has 1 amide bonds. The molecule has 3 rings (SSSR count). The monoisotopic (exact) mass is 340 g/mol. The van der Waals surface area contributed by atoms with E-state index in [4.69, 9.17) is 9.47 Å². The quantitative estimate of drug-likeness (QED) is 0.811. The maximum absolute atomic E-state index is 12.4. The standard InChI is InChI=1S/C20H24N2O3/c1-24-19-14-22(20(23)15-25-18-8-5-10-21-13-18)11-9-17(19)12-16-6-3-2-4-7-16/h2-8,10,13,17,19H,9,11-12,14-15H2,1H3/t17-,19+/m1/s1. The van der Waals surface area contributed by atoms with Crippen molar-refractivity contribution in [2.45, 2.75) is 18.9 Å². The molecule has 1 aromatic heterocycles. The number of carbonyl (C=O) groups excluding carboxylic acids is 1. The Bertz CT molecular complexity index is 663. The third-order valence-electron chi connectivity index (χ3n) is 4.69. The summed E-state index contributed by atoms with van der Waals surface area (Å²) in [5.74, 6) is 1.03.